The zero-order chi connectivity index (χ0) is 27.3. The Morgan fingerprint density at radius 1 is 0.917 bits per heavy atom. The van der Waals surface area contributed by atoms with Crippen molar-refractivity contribution < 1.29 is 32.9 Å². The van der Waals surface area contributed by atoms with Gasteiger partial charge >= 0.3 is 7.82 Å². The van der Waals surface area contributed by atoms with Gasteiger partial charge in [0.15, 0.2) is 0 Å². The number of amides is 1. The van der Waals surface area contributed by atoms with E-state index in [-0.39, 0.29) is 19.1 Å². The van der Waals surface area contributed by atoms with Gasteiger partial charge in [-0.05, 0) is 19.3 Å². The standard InChI is InChI=1S/C27H55N2O6P/c1-6-8-10-11-12-13-14-15-16-17-19-20-26(30)25(28-27(31)21-18-9-7-2)24-35-36(32,33)34-23-22-29(3,4)5/h19-20,25-26,30H,6-18,21-24H2,1-5H3,(H-,28,31,32,33)/p+1/b20-19+. The van der Waals surface area contributed by atoms with E-state index in [1.165, 1.54) is 44.9 Å². The third-order valence-electron chi connectivity index (χ3n) is 6.01. The minimum atomic E-state index is -4.29. The first-order valence-corrected chi connectivity index (χ1v) is 15.6. The molecule has 0 bridgehead atoms. The highest BCUT2D eigenvalue weighted by molar-refractivity contribution is 7.47. The lowest BCUT2D eigenvalue weighted by Crippen LogP contribution is -2.45. The Hall–Kier alpha value is -0.760. The van der Waals surface area contributed by atoms with E-state index in [2.05, 4.69) is 19.2 Å². The molecule has 0 heterocycles. The number of hydrogen-bond acceptors (Lipinski definition) is 5. The lowest BCUT2D eigenvalue weighted by molar-refractivity contribution is -0.870. The average Bonchev–Trinajstić information content (AvgIpc) is 2.79. The molecule has 9 heteroatoms. The fraction of sp³-hybridized carbons (Fsp3) is 0.889. The molecule has 8 nitrogen and oxygen atoms in total. The van der Waals surface area contributed by atoms with Gasteiger partial charge in [0.1, 0.15) is 13.2 Å². The predicted molar refractivity (Wildman–Crippen MR) is 148 cm³/mol. The molecular weight excluding hydrogens is 479 g/mol. The van der Waals surface area contributed by atoms with E-state index in [1.807, 2.05) is 27.2 Å². The number of nitrogens with one attached hydrogen (secondary N) is 1. The number of quaternary nitrogens is 1. The second-order valence-corrected chi connectivity index (χ2v) is 12.2. The SMILES string of the molecule is CCCCCCCCCCC/C=C/C(O)C(COP(=O)(O)OCC[N+](C)(C)C)NC(=O)CCCCC. The summed E-state index contributed by atoms with van der Waals surface area (Å²) in [6.07, 6.45) is 17.7. The molecule has 0 aromatic rings. The van der Waals surface area contributed by atoms with Crippen molar-refractivity contribution in [3.63, 3.8) is 0 Å². The van der Waals surface area contributed by atoms with Crippen molar-refractivity contribution in [2.75, 3.05) is 40.9 Å². The van der Waals surface area contributed by atoms with Gasteiger partial charge < -0.3 is 19.8 Å². The number of allylic oxidation sites excluding steroid dienone is 1. The highest BCUT2D eigenvalue weighted by Crippen LogP contribution is 2.43. The fourth-order valence-electron chi connectivity index (χ4n) is 3.62. The molecule has 0 aromatic carbocycles. The molecule has 214 valence electrons. The maximum atomic E-state index is 12.3. The van der Waals surface area contributed by atoms with Crippen molar-refractivity contribution in [2.45, 2.75) is 116 Å². The topological polar surface area (TPSA) is 105 Å². The average molecular weight is 536 g/mol. The van der Waals surface area contributed by atoms with Crippen LogP contribution in [0.1, 0.15) is 104 Å². The minimum Gasteiger partial charge on any atom is -0.387 e. The van der Waals surface area contributed by atoms with Crippen molar-refractivity contribution in [2.24, 2.45) is 0 Å². The van der Waals surface area contributed by atoms with Crippen molar-refractivity contribution >= 4 is 13.7 Å². The summed E-state index contributed by atoms with van der Waals surface area (Å²) in [7, 11) is 1.56. The van der Waals surface area contributed by atoms with Crippen LogP contribution in [0, 0.1) is 0 Å². The highest BCUT2D eigenvalue weighted by Gasteiger charge is 2.27. The maximum Gasteiger partial charge on any atom is 0.472 e. The van der Waals surface area contributed by atoms with Crippen LogP contribution < -0.4 is 5.32 Å². The van der Waals surface area contributed by atoms with Crippen molar-refractivity contribution in [1.29, 1.82) is 0 Å². The summed E-state index contributed by atoms with van der Waals surface area (Å²) in [6.45, 7) is 4.58. The van der Waals surface area contributed by atoms with Gasteiger partial charge in [-0.25, -0.2) is 4.57 Å². The number of phosphoric ester groups is 1. The Balaban J connectivity index is 4.59. The summed E-state index contributed by atoms with van der Waals surface area (Å²) in [6, 6.07) is -0.832. The molecule has 0 spiro atoms. The molecule has 0 saturated heterocycles. The number of rotatable bonds is 24. The first-order valence-electron chi connectivity index (χ1n) is 14.1. The molecule has 0 aliphatic carbocycles. The molecule has 3 unspecified atom stereocenters. The van der Waals surface area contributed by atoms with Crippen LogP contribution in [-0.2, 0) is 18.4 Å². The number of likely N-dealkylation sites (N-methyl/N-ethyl adjacent to an activating group) is 1. The van der Waals surface area contributed by atoms with Gasteiger partial charge in [-0.2, -0.15) is 0 Å². The Labute approximate surface area is 221 Å². The minimum absolute atomic E-state index is 0.0620. The van der Waals surface area contributed by atoms with Crippen molar-refractivity contribution in [3.05, 3.63) is 12.2 Å². The number of phosphoric acid groups is 1. The van der Waals surface area contributed by atoms with Gasteiger partial charge in [0, 0.05) is 6.42 Å². The van der Waals surface area contributed by atoms with E-state index < -0.39 is 20.0 Å². The number of hydrogen-bond donors (Lipinski definition) is 3. The van der Waals surface area contributed by atoms with E-state index in [9.17, 15) is 19.4 Å². The third-order valence-corrected chi connectivity index (χ3v) is 6.99. The van der Waals surface area contributed by atoms with Crippen LogP contribution in [0.5, 0.6) is 0 Å². The van der Waals surface area contributed by atoms with Gasteiger partial charge in [0.2, 0.25) is 5.91 Å². The summed E-state index contributed by atoms with van der Waals surface area (Å²) in [5.41, 5.74) is 0. The molecular formula is C27H56N2O6P+. The fourth-order valence-corrected chi connectivity index (χ4v) is 4.36. The van der Waals surface area contributed by atoms with Crippen LogP contribution in [0.25, 0.3) is 0 Å². The predicted octanol–water partition coefficient (Wildman–Crippen LogP) is 5.73. The third kappa shape index (κ3) is 22.4. The number of carbonyl (C=O) groups excluding carboxylic acids is 1. The number of nitrogens with zero attached hydrogens (tertiary/aromatic N) is 1. The molecule has 0 aliphatic heterocycles. The molecule has 3 N–H and O–H groups in total. The summed E-state index contributed by atoms with van der Waals surface area (Å²) >= 11 is 0. The molecule has 0 aliphatic rings. The zero-order valence-corrected chi connectivity index (χ0v) is 24.6. The molecule has 3 atom stereocenters. The Morgan fingerprint density at radius 2 is 1.47 bits per heavy atom. The molecule has 1 amide bonds. The summed E-state index contributed by atoms with van der Waals surface area (Å²) < 4.78 is 23.0. The smallest absolute Gasteiger partial charge is 0.387 e. The Morgan fingerprint density at radius 3 is 2.06 bits per heavy atom. The Bertz CT molecular complexity index is 624. The number of aliphatic hydroxyl groups excluding tert-OH is 1. The summed E-state index contributed by atoms with van der Waals surface area (Å²) in [4.78, 5) is 22.4. The summed E-state index contributed by atoms with van der Waals surface area (Å²) in [5.74, 6) is -0.206. The van der Waals surface area contributed by atoms with E-state index in [4.69, 9.17) is 9.05 Å². The van der Waals surface area contributed by atoms with E-state index in [0.717, 1.165) is 38.5 Å². The van der Waals surface area contributed by atoms with Crippen molar-refractivity contribution in [1.82, 2.24) is 5.32 Å². The molecule has 0 radical (unpaired) electrons. The normalized spacial score (nSPS) is 15.6. The van der Waals surface area contributed by atoms with Crippen LogP contribution in [-0.4, -0.2) is 73.4 Å². The molecule has 0 saturated carbocycles. The van der Waals surface area contributed by atoms with Gasteiger partial charge in [0.05, 0.1) is 39.9 Å². The second-order valence-electron chi connectivity index (χ2n) is 10.8. The molecule has 0 aromatic heterocycles. The first kappa shape index (κ1) is 35.2. The van der Waals surface area contributed by atoms with E-state index in [1.54, 1.807) is 6.08 Å². The Kier molecular flexibility index (Phi) is 20.8. The zero-order valence-electron chi connectivity index (χ0n) is 23.8. The van der Waals surface area contributed by atoms with Gasteiger partial charge in [0.25, 0.3) is 0 Å². The molecule has 0 rings (SSSR count). The monoisotopic (exact) mass is 535 g/mol. The second kappa shape index (κ2) is 21.2. The summed E-state index contributed by atoms with van der Waals surface area (Å²) in [5, 5.41) is 13.4. The highest BCUT2D eigenvalue weighted by atomic mass is 31.2. The maximum absolute atomic E-state index is 12.3. The number of carbonyl (C=O) groups is 1. The van der Waals surface area contributed by atoms with Crippen LogP contribution in [0.4, 0.5) is 0 Å². The first-order chi connectivity index (χ1) is 17.0. The van der Waals surface area contributed by atoms with Crippen LogP contribution in [0.2, 0.25) is 0 Å². The van der Waals surface area contributed by atoms with Crippen molar-refractivity contribution in [3.8, 4) is 0 Å². The lowest BCUT2D eigenvalue weighted by atomic mass is 10.1. The van der Waals surface area contributed by atoms with Gasteiger partial charge in [-0.3, -0.25) is 13.8 Å². The molecule has 36 heavy (non-hydrogen) atoms. The van der Waals surface area contributed by atoms with Gasteiger partial charge in [-0.15, -0.1) is 0 Å². The van der Waals surface area contributed by atoms with Crippen LogP contribution >= 0.6 is 7.82 Å². The van der Waals surface area contributed by atoms with Gasteiger partial charge in [-0.1, -0.05) is 90.2 Å². The quantitative estimate of drug-likeness (QED) is 0.0631. The number of aliphatic hydroxyl groups is 1. The largest absolute Gasteiger partial charge is 0.472 e. The lowest BCUT2D eigenvalue weighted by Gasteiger charge is -2.25. The number of unbranched alkanes of at least 4 members (excludes halogenated alkanes) is 11. The van der Waals surface area contributed by atoms with E-state index >= 15 is 0 Å². The van der Waals surface area contributed by atoms with E-state index in [0.29, 0.717) is 17.4 Å². The molecule has 0 fully saturated rings. The van der Waals surface area contributed by atoms with Crippen LogP contribution in [0.3, 0.4) is 0 Å². The van der Waals surface area contributed by atoms with Crippen LogP contribution in [0.15, 0.2) is 12.2 Å².